The molecule has 0 atom stereocenters. The van der Waals surface area contributed by atoms with Gasteiger partial charge in [-0.2, -0.15) is 0 Å². The number of hydrogen-bond donors (Lipinski definition) is 2. The van der Waals surface area contributed by atoms with Crippen molar-refractivity contribution in [2.24, 2.45) is 0 Å². The van der Waals surface area contributed by atoms with Crippen LogP contribution in [0.25, 0.3) is 0 Å². The van der Waals surface area contributed by atoms with Gasteiger partial charge < -0.3 is 15.4 Å². The molecule has 4 nitrogen and oxygen atoms in total. The quantitative estimate of drug-likeness (QED) is 0.482. The lowest BCUT2D eigenvalue weighted by Crippen LogP contribution is -2.25. The molecule has 0 heterocycles. The van der Waals surface area contributed by atoms with Gasteiger partial charge in [0.25, 0.3) is 0 Å². The van der Waals surface area contributed by atoms with Crippen molar-refractivity contribution >= 4 is 11.7 Å². The summed E-state index contributed by atoms with van der Waals surface area (Å²) in [6, 6.07) is 0. The smallest absolute Gasteiger partial charge is 0.216 e. The molecule has 0 saturated heterocycles. The second-order valence-electron chi connectivity index (χ2n) is 5.51. The van der Waals surface area contributed by atoms with E-state index in [0.29, 0.717) is 5.78 Å². The normalized spacial score (nSPS) is 10.5. The number of unbranched alkanes of at least 4 members (excludes halogenated alkanes) is 6. The number of carbonyl (C=O) groups is 2. The number of hydrogen-bond acceptors (Lipinski definition) is 3. The van der Waals surface area contributed by atoms with E-state index in [9.17, 15) is 9.59 Å². The minimum Gasteiger partial charge on any atom is -0.356 e. The summed E-state index contributed by atoms with van der Waals surface area (Å²) in [6.07, 6.45) is 10.4. The van der Waals surface area contributed by atoms with Crippen LogP contribution in [0.1, 0.15) is 71.6 Å². The van der Waals surface area contributed by atoms with Gasteiger partial charge in [-0.3, -0.25) is 4.79 Å². The predicted molar refractivity (Wildman–Crippen MR) is 83.8 cm³/mol. The van der Waals surface area contributed by atoms with Gasteiger partial charge in [-0.15, -0.1) is 0 Å². The summed E-state index contributed by atoms with van der Waals surface area (Å²) in [4.78, 5) is 21.4. The highest BCUT2D eigenvalue weighted by Gasteiger charge is 1.95. The highest BCUT2D eigenvalue weighted by atomic mass is 16.1. The first-order chi connectivity index (χ1) is 9.63. The van der Waals surface area contributed by atoms with Crippen molar-refractivity contribution in [2.45, 2.75) is 71.6 Å². The van der Waals surface area contributed by atoms with E-state index in [4.69, 9.17) is 0 Å². The molecule has 0 bridgehead atoms. The number of rotatable bonds is 14. The van der Waals surface area contributed by atoms with E-state index in [1.54, 1.807) is 13.8 Å². The van der Waals surface area contributed by atoms with Gasteiger partial charge in [0.15, 0.2) is 0 Å². The maximum atomic E-state index is 10.8. The SMILES string of the molecule is CC(=O)CCCCCCCCCNCCCNC(C)=O. The third-order valence-corrected chi connectivity index (χ3v) is 3.29. The van der Waals surface area contributed by atoms with Gasteiger partial charge >= 0.3 is 0 Å². The van der Waals surface area contributed by atoms with Crippen LogP contribution in [0.5, 0.6) is 0 Å². The molecule has 0 aliphatic carbocycles. The topological polar surface area (TPSA) is 58.2 Å². The Labute approximate surface area is 124 Å². The Kier molecular flexibility index (Phi) is 13.9. The van der Waals surface area contributed by atoms with E-state index >= 15 is 0 Å². The average molecular weight is 284 g/mol. The Morgan fingerprint density at radius 1 is 0.700 bits per heavy atom. The number of ketones is 1. The maximum absolute atomic E-state index is 10.8. The van der Waals surface area contributed by atoms with Crippen LogP contribution in [-0.4, -0.2) is 31.3 Å². The summed E-state index contributed by atoms with van der Waals surface area (Å²) < 4.78 is 0. The molecule has 0 rings (SSSR count). The highest BCUT2D eigenvalue weighted by molar-refractivity contribution is 5.75. The molecule has 0 unspecified atom stereocenters. The summed E-state index contributed by atoms with van der Waals surface area (Å²) in [5, 5.41) is 6.18. The van der Waals surface area contributed by atoms with Crippen molar-refractivity contribution in [2.75, 3.05) is 19.6 Å². The Morgan fingerprint density at radius 2 is 1.25 bits per heavy atom. The third kappa shape index (κ3) is 17.1. The van der Waals surface area contributed by atoms with Crippen LogP contribution in [0.4, 0.5) is 0 Å². The molecule has 20 heavy (non-hydrogen) atoms. The lowest BCUT2D eigenvalue weighted by molar-refractivity contribution is -0.119. The minimum atomic E-state index is 0.0494. The molecule has 118 valence electrons. The van der Waals surface area contributed by atoms with Crippen LogP contribution in [0.15, 0.2) is 0 Å². The molecule has 0 aromatic heterocycles. The zero-order valence-electron chi connectivity index (χ0n) is 13.3. The summed E-state index contributed by atoms with van der Waals surface area (Å²) in [5.41, 5.74) is 0. The minimum absolute atomic E-state index is 0.0494. The van der Waals surface area contributed by atoms with Crippen molar-refractivity contribution in [3.8, 4) is 0 Å². The summed E-state index contributed by atoms with van der Waals surface area (Å²) >= 11 is 0. The molecule has 2 N–H and O–H groups in total. The largest absolute Gasteiger partial charge is 0.356 e. The van der Waals surface area contributed by atoms with Crippen molar-refractivity contribution in [1.82, 2.24) is 10.6 Å². The van der Waals surface area contributed by atoms with E-state index < -0.39 is 0 Å². The fraction of sp³-hybridized carbons (Fsp3) is 0.875. The number of carbonyl (C=O) groups excluding carboxylic acids is 2. The number of nitrogens with one attached hydrogen (secondary N) is 2. The first-order valence-electron chi connectivity index (χ1n) is 8.07. The zero-order chi connectivity index (χ0) is 15.1. The Morgan fingerprint density at radius 3 is 1.85 bits per heavy atom. The molecule has 0 aliphatic heterocycles. The monoisotopic (exact) mass is 284 g/mol. The highest BCUT2D eigenvalue weighted by Crippen LogP contribution is 2.08. The first-order valence-corrected chi connectivity index (χ1v) is 8.07. The van der Waals surface area contributed by atoms with Gasteiger partial charge in [0.2, 0.25) is 5.91 Å². The first kappa shape index (κ1) is 19.1. The zero-order valence-corrected chi connectivity index (χ0v) is 13.3. The second-order valence-corrected chi connectivity index (χ2v) is 5.51. The molecule has 0 saturated carbocycles. The summed E-state index contributed by atoms with van der Waals surface area (Å²) in [6.45, 7) is 6.04. The molecule has 0 fully saturated rings. The van der Waals surface area contributed by atoms with Gasteiger partial charge in [0, 0.05) is 19.9 Å². The molecule has 0 aromatic carbocycles. The summed E-state index contributed by atoms with van der Waals surface area (Å²) in [5.74, 6) is 0.364. The van der Waals surface area contributed by atoms with Crippen LogP contribution >= 0.6 is 0 Å². The molecule has 0 spiro atoms. The van der Waals surface area contributed by atoms with Crippen LogP contribution < -0.4 is 10.6 Å². The predicted octanol–water partition coefficient (Wildman–Crippen LogP) is 2.81. The van der Waals surface area contributed by atoms with E-state index in [1.165, 1.54) is 38.5 Å². The third-order valence-electron chi connectivity index (χ3n) is 3.29. The lowest BCUT2D eigenvalue weighted by Gasteiger charge is -2.05. The van der Waals surface area contributed by atoms with Crippen molar-refractivity contribution in [3.63, 3.8) is 0 Å². The van der Waals surface area contributed by atoms with Crippen LogP contribution in [0.3, 0.4) is 0 Å². The molecular formula is C16H32N2O2. The van der Waals surface area contributed by atoms with Crippen LogP contribution in [-0.2, 0) is 9.59 Å². The van der Waals surface area contributed by atoms with Crippen molar-refractivity contribution in [3.05, 3.63) is 0 Å². The van der Waals surface area contributed by atoms with Crippen LogP contribution in [0, 0.1) is 0 Å². The van der Waals surface area contributed by atoms with Gasteiger partial charge in [0.1, 0.15) is 5.78 Å². The van der Waals surface area contributed by atoms with Crippen molar-refractivity contribution < 1.29 is 9.59 Å². The molecule has 0 radical (unpaired) electrons. The number of amides is 1. The second kappa shape index (κ2) is 14.5. The Bertz CT molecular complexity index is 229. The van der Waals surface area contributed by atoms with Crippen molar-refractivity contribution in [1.29, 1.82) is 0 Å². The Balaban J connectivity index is 2.99. The van der Waals surface area contributed by atoms with Gasteiger partial charge in [-0.25, -0.2) is 0 Å². The summed E-state index contributed by atoms with van der Waals surface area (Å²) in [7, 11) is 0. The maximum Gasteiger partial charge on any atom is 0.216 e. The van der Waals surface area contributed by atoms with E-state index in [0.717, 1.165) is 38.9 Å². The van der Waals surface area contributed by atoms with E-state index in [2.05, 4.69) is 10.6 Å². The fourth-order valence-electron chi connectivity index (χ4n) is 2.11. The molecular weight excluding hydrogens is 252 g/mol. The standard InChI is InChI=1S/C16H32N2O2/c1-15(19)11-8-6-4-3-5-7-9-12-17-13-10-14-18-16(2)20/h17H,3-14H2,1-2H3,(H,18,20). The molecule has 0 aliphatic rings. The van der Waals surface area contributed by atoms with E-state index in [-0.39, 0.29) is 5.91 Å². The fourth-order valence-corrected chi connectivity index (χ4v) is 2.11. The average Bonchev–Trinajstić information content (AvgIpc) is 2.38. The Hall–Kier alpha value is -0.900. The molecule has 4 heteroatoms. The van der Waals surface area contributed by atoms with Gasteiger partial charge in [-0.1, -0.05) is 32.1 Å². The number of Topliss-reactive ketones (excluding diaryl/α,β-unsaturated/α-hetero) is 1. The van der Waals surface area contributed by atoms with E-state index in [1.807, 2.05) is 0 Å². The molecule has 0 aromatic rings. The lowest BCUT2D eigenvalue weighted by atomic mass is 10.1. The molecule has 1 amide bonds. The van der Waals surface area contributed by atoms with Gasteiger partial charge in [0.05, 0.1) is 0 Å². The van der Waals surface area contributed by atoms with Gasteiger partial charge in [-0.05, 0) is 39.3 Å². The van der Waals surface area contributed by atoms with Crippen LogP contribution in [0.2, 0.25) is 0 Å².